The third-order valence-electron chi connectivity index (χ3n) is 3.99. The van der Waals surface area contributed by atoms with Gasteiger partial charge in [0, 0.05) is 33.2 Å². The van der Waals surface area contributed by atoms with Crippen molar-refractivity contribution < 1.29 is 9.15 Å². The van der Waals surface area contributed by atoms with E-state index in [0.717, 1.165) is 44.3 Å². The number of nitrogens with zero attached hydrogens (tertiary/aromatic N) is 1. The van der Waals surface area contributed by atoms with Gasteiger partial charge in [0.1, 0.15) is 5.76 Å². The van der Waals surface area contributed by atoms with E-state index in [-0.39, 0.29) is 24.0 Å². The SMILES string of the molecule is CN=C(NCCCOC1CCCCC1)NCCc1ccco1.I. The number of hydrogen-bond donors (Lipinski definition) is 2. The molecule has 0 bridgehead atoms. The maximum atomic E-state index is 5.92. The molecule has 0 amide bonds. The lowest BCUT2D eigenvalue weighted by Gasteiger charge is -2.22. The Hall–Kier alpha value is -0.760. The largest absolute Gasteiger partial charge is 0.469 e. The topological polar surface area (TPSA) is 58.8 Å². The molecule has 0 spiro atoms. The van der Waals surface area contributed by atoms with Crippen molar-refractivity contribution in [2.24, 2.45) is 4.99 Å². The molecule has 23 heavy (non-hydrogen) atoms. The number of hydrogen-bond acceptors (Lipinski definition) is 3. The van der Waals surface area contributed by atoms with Crippen LogP contribution in [0, 0.1) is 0 Å². The van der Waals surface area contributed by atoms with Crippen LogP contribution in [0.4, 0.5) is 0 Å². The van der Waals surface area contributed by atoms with Crippen molar-refractivity contribution in [3.05, 3.63) is 24.2 Å². The summed E-state index contributed by atoms with van der Waals surface area (Å²) in [7, 11) is 1.79. The highest BCUT2D eigenvalue weighted by atomic mass is 127. The molecule has 1 aromatic heterocycles. The highest BCUT2D eigenvalue weighted by Gasteiger charge is 2.12. The maximum Gasteiger partial charge on any atom is 0.190 e. The van der Waals surface area contributed by atoms with E-state index >= 15 is 0 Å². The number of ether oxygens (including phenoxy) is 1. The number of aliphatic imine (C=N–C) groups is 1. The maximum absolute atomic E-state index is 5.92. The molecule has 6 heteroatoms. The number of nitrogens with one attached hydrogen (secondary N) is 2. The van der Waals surface area contributed by atoms with Gasteiger partial charge < -0.3 is 19.8 Å². The van der Waals surface area contributed by atoms with E-state index in [1.165, 1.54) is 32.1 Å². The Morgan fingerprint density at radius 1 is 1.26 bits per heavy atom. The summed E-state index contributed by atoms with van der Waals surface area (Å²) in [6, 6.07) is 3.90. The van der Waals surface area contributed by atoms with E-state index in [4.69, 9.17) is 9.15 Å². The summed E-state index contributed by atoms with van der Waals surface area (Å²) < 4.78 is 11.2. The molecule has 0 atom stereocenters. The van der Waals surface area contributed by atoms with E-state index in [2.05, 4.69) is 15.6 Å². The zero-order valence-electron chi connectivity index (χ0n) is 14.1. The highest BCUT2D eigenvalue weighted by molar-refractivity contribution is 14.0. The summed E-state index contributed by atoms with van der Waals surface area (Å²) in [4.78, 5) is 4.22. The first-order chi connectivity index (χ1) is 10.9. The Balaban J connectivity index is 0.00000264. The molecule has 1 fully saturated rings. The van der Waals surface area contributed by atoms with E-state index in [1.807, 2.05) is 12.1 Å². The van der Waals surface area contributed by atoms with Crippen molar-refractivity contribution in [1.29, 1.82) is 0 Å². The Bertz CT molecular complexity index is 417. The van der Waals surface area contributed by atoms with E-state index < -0.39 is 0 Å². The minimum Gasteiger partial charge on any atom is -0.469 e. The molecule has 0 aliphatic heterocycles. The van der Waals surface area contributed by atoms with Gasteiger partial charge in [0.25, 0.3) is 0 Å². The summed E-state index contributed by atoms with van der Waals surface area (Å²) in [6.45, 7) is 2.53. The lowest BCUT2D eigenvalue weighted by Crippen LogP contribution is -2.39. The summed E-state index contributed by atoms with van der Waals surface area (Å²) in [5.74, 6) is 1.83. The fraction of sp³-hybridized carbons (Fsp3) is 0.706. The fourth-order valence-corrected chi connectivity index (χ4v) is 2.74. The van der Waals surface area contributed by atoms with Gasteiger partial charge in [0.05, 0.1) is 12.4 Å². The van der Waals surface area contributed by atoms with Gasteiger partial charge in [-0.3, -0.25) is 4.99 Å². The summed E-state index contributed by atoms with van der Waals surface area (Å²) >= 11 is 0. The summed E-state index contributed by atoms with van der Waals surface area (Å²) in [6.07, 6.45) is 10.6. The van der Waals surface area contributed by atoms with Gasteiger partial charge in [-0.2, -0.15) is 0 Å². The zero-order chi connectivity index (χ0) is 15.5. The molecule has 5 nitrogen and oxygen atoms in total. The molecule has 2 rings (SSSR count). The van der Waals surface area contributed by atoms with Gasteiger partial charge in [-0.25, -0.2) is 0 Å². The number of guanidine groups is 1. The molecule has 1 heterocycles. The number of halogens is 1. The number of rotatable bonds is 8. The third kappa shape index (κ3) is 8.60. The predicted octanol–water partition coefficient (Wildman–Crippen LogP) is 3.34. The Morgan fingerprint density at radius 2 is 2.04 bits per heavy atom. The lowest BCUT2D eigenvalue weighted by molar-refractivity contribution is 0.0277. The normalized spacial score (nSPS) is 16.0. The minimum absolute atomic E-state index is 0. The van der Waals surface area contributed by atoms with Crippen molar-refractivity contribution in [3.8, 4) is 0 Å². The van der Waals surface area contributed by atoms with Crippen LogP contribution in [0.1, 0.15) is 44.3 Å². The van der Waals surface area contributed by atoms with Gasteiger partial charge in [0.15, 0.2) is 5.96 Å². The van der Waals surface area contributed by atoms with Gasteiger partial charge in [0.2, 0.25) is 0 Å². The molecule has 0 aromatic carbocycles. The molecule has 1 aliphatic carbocycles. The van der Waals surface area contributed by atoms with Crippen molar-refractivity contribution in [2.45, 2.75) is 51.0 Å². The quantitative estimate of drug-likeness (QED) is 0.285. The predicted molar refractivity (Wildman–Crippen MR) is 105 cm³/mol. The van der Waals surface area contributed by atoms with E-state index in [9.17, 15) is 0 Å². The molecule has 1 saturated carbocycles. The van der Waals surface area contributed by atoms with Gasteiger partial charge >= 0.3 is 0 Å². The van der Waals surface area contributed by atoms with Crippen LogP contribution < -0.4 is 10.6 Å². The molecule has 132 valence electrons. The first kappa shape index (κ1) is 20.3. The van der Waals surface area contributed by atoms with Crippen LogP contribution >= 0.6 is 24.0 Å². The van der Waals surface area contributed by atoms with Gasteiger partial charge in [-0.1, -0.05) is 19.3 Å². The molecule has 0 radical (unpaired) electrons. The lowest BCUT2D eigenvalue weighted by atomic mass is 9.98. The van der Waals surface area contributed by atoms with Crippen molar-refractivity contribution in [2.75, 3.05) is 26.7 Å². The first-order valence-corrected chi connectivity index (χ1v) is 8.47. The molecule has 1 aliphatic rings. The van der Waals surface area contributed by atoms with Gasteiger partial charge in [-0.15, -0.1) is 24.0 Å². The monoisotopic (exact) mass is 435 g/mol. The molecular weight excluding hydrogens is 405 g/mol. The second-order valence-electron chi connectivity index (χ2n) is 5.74. The van der Waals surface area contributed by atoms with Crippen LogP contribution in [-0.2, 0) is 11.2 Å². The van der Waals surface area contributed by atoms with Crippen molar-refractivity contribution in [1.82, 2.24) is 10.6 Å². The molecule has 2 N–H and O–H groups in total. The average molecular weight is 435 g/mol. The Morgan fingerprint density at radius 3 is 2.74 bits per heavy atom. The molecule has 0 unspecified atom stereocenters. The van der Waals surface area contributed by atoms with E-state index in [1.54, 1.807) is 13.3 Å². The third-order valence-corrected chi connectivity index (χ3v) is 3.99. The van der Waals surface area contributed by atoms with Crippen LogP contribution in [0.3, 0.4) is 0 Å². The molecular formula is C17H30IN3O2. The minimum atomic E-state index is 0. The zero-order valence-corrected chi connectivity index (χ0v) is 16.4. The fourth-order valence-electron chi connectivity index (χ4n) is 2.74. The summed E-state index contributed by atoms with van der Waals surface area (Å²) in [5, 5.41) is 6.60. The van der Waals surface area contributed by atoms with Crippen LogP contribution in [0.5, 0.6) is 0 Å². The summed E-state index contributed by atoms with van der Waals surface area (Å²) in [5.41, 5.74) is 0. The second-order valence-corrected chi connectivity index (χ2v) is 5.74. The number of furan rings is 1. The Labute approximate surface area is 156 Å². The van der Waals surface area contributed by atoms with Crippen molar-refractivity contribution in [3.63, 3.8) is 0 Å². The Kier molecular flexibility index (Phi) is 11.1. The molecule has 1 aromatic rings. The van der Waals surface area contributed by atoms with Gasteiger partial charge in [-0.05, 0) is 31.4 Å². The standard InChI is InChI=1S/C17H29N3O2.HI/c1-18-17(20-12-10-16-9-5-13-21-16)19-11-6-14-22-15-7-3-2-4-8-15;/h5,9,13,15H,2-4,6-8,10-12,14H2,1H3,(H2,18,19,20);1H. The highest BCUT2D eigenvalue weighted by Crippen LogP contribution is 2.20. The second kappa shape index (κ2) is 12.6. The van der Waals surface area contributed by atoms with E-state index in [0.29, 0.717) is 6.10 Å². The van der Waals surface area contributed by atoms with Crippen LogP contribution in [0.15, 0.2) is 27.8 Å². The average Bonchev–Trinajstić information content (AvgIpc) is 3.07. The van der Waals surface area contributed by atoms with Crippen LogP contribution in [0.25, 0.3) is 0 Å². The van der Waals surface area contributed by atoms with Crippen LogP contribution in [-0.4, -0.2) is 38.8 Å². The molecule has 0 saturated heterocycles. The van der Waals surface area contributed by atoms with Crippen molar-refractivity contribution >= 4 is 29.9 Å². The first-order valence-electron chi connectivity index (χ1n) is 8.47. The smallest absolute Gasteiger partial charge is 0.190 e. The van der Waals surface area contributed by atoms with Crippen LogP contribution in [0.2, 0.25) is 0 Å².